The fourth-order valence-corrected chi connectivity index (χ4v) is 5.67. The Morgan fingerprint density at radius 2 is 1.50 bits per heavy atom. The van der Waals surface area contributed by atoms with Gasteiger partial charge in [-0.25, -0.2) is 8.42 Å². The first-order valence-electron chi connectivity index (χ1n) is 12.8. The van der Waals surface area contributed by atoms with Crippen LogP contribution in [0.2, 0.25) is 0 Å². The summed E-state index contributed by atoms with van der Waals surface area (Å²) in [5.41, 5.74) is 2.60. The number of benzene rings is 4. The first-order valence-corrected chi connectivity index (χ1v) is 14.2. The second-order valence-electron chi connectivity index (χ2n) is 8.94. The number of amides is 1. The number of sulfonamides is 1. The first kappa shape index (κ1) is 28.5. The Morgan fingerprint density at radius 1 is 0.850 bits per heavy atom. The Labute approximate surface area is 235 Å². The predicted octanol–water partition coefficient (Wildman–Crippen LogP) is 5.82. The van der Waals surface area contributed by atoms with E-state index in [4.69, 9.17) is 14.2 Å². The van der Waals surface area contributed by atoms with Gasteiger partial charge in [0.25, 0.3) is 10.0 Å². The van der Waals surface area contributed by atoms with E-state index >= 15 is 0 Å². The van der Waals surface area contributed by atoms with Crippen LogP contribution in [0.1, 0.15) is 18.1 Å². The van der Waals surface area contributed by atoms with Crippen molar-refractivity contribution in [1.82, 2.24) is 0 Å². The highest BCUT2D eigenvalue weighted by Gasteiger charge is 2.30. The molecular weight excluding hydrogens is 528 g/mol. The minimum atomic E-state index is -4.19. The van der Waals surface area contributed by atoms with Crippen LogP contribution in [0.5, 0.6) is 17.2 Å². The Bertz CT molecular complexity index is 1520. The zero-order valence-corrected chi connectivity index (χ0v) is 23.5. The summed E-state index contributed by atoms with van der Waals surface area (Å²) in [4.78, 5) is 13.1. The topological polar surface area (TPSA) is 94.2 Å². The largest absolute Gasteiger partial charge is 0.495 e. The summed E-state index contributed by atoms with van der Waals surface area (Å²) in [5, 5.41) is 2.78. The number of methoxy groups -OCH3 is 1. The first-order chi connectivity index (χ1) is 19.3. The monoisotopic (exact) mass is 560 g/mol. The van der Waals surface area contributed by atoms with Gasteiger partial charge in [0.05, 0.1) is 19.4 Å². The molecule has 9 heteroatoms. The lowest BCUT2D eigenvalue weighted by Crippen LogP contribution is -2.38. The molecule has 0 spiro atoms. The van der Waals surface area contributed by atoms with Gasteiger partial charge < -0.3 is 19.5 Å². The Morgan fingerprint density at radius 3 is 2.15 bits per heavy atom. The fraction of sp³-hybridized carbons (Fsp3) is 0.194. The maximum absolute atomic E-state index is 13.9. The average molecular weight is 561 g/mol. The highest BCUT2D eigenvalue weighted by atomic mass is 32.2. The number of hydrogen-bond donors (Lipinski definition) is 1. The van der Waals surface area contributed by atoms with Gasteiger partial charge >= 0.3 is 0 Å². The van der Waals surface area contributed by atoms with E-state index in [1.165, 1.54) is 13.2 Å². The number of rotatable bonds is 12. The van der Waals surface area contributed by atoms with Crippen molar-refractivity contribution in [2.45, 2.75) is 25.3 Å². The molecule has 0 atom stereocenters. The lowest BCUT2D eigenvalue weighted by molar-refractivity contribution is -0.114. The number of nitrogens with one attached hydrogen (secondary N) is 1. The van der Waals surface area contributed by atoms with Gasteiger partial charge in [0.2, 0.25) is 5.91 Å². The molecule has 208 valence electrons. The van der Waals surface area contributed by atoms with Crippen molar-refractivity contribution in [2.75, 3.05) is 29.9 Å². The van der Waals surface area contributed by atoms with E-state index in [2.05, 4.69) is 5.32 Å². The summed E-state index contributed by atoms with van der Waals surface area (Å²) in [7, 11) is -2.78. The molecule has 0 aliphatic carbocycles. The molecule has 0 aliphatic heterocycles. The predicted molar refractivity (Wildman–Crippen MR) is 156 cm³/mol. The molecule has 0 saturated heterocycles. The van der Waals surface area contributed by atoms with E-state index in [-0.39, 0.29) is 10.6 Å². The minimum Gasteiger partial charge on any atom is -0.495 e. The zero-order chi connectivity index (χ0) is 28.5. The van der Waals surface area contributed by atoms with Gasteiger partial charge in [0.15, 0.2) is 0 Å². The van der Waals surface area contributed by atoms with E-state index in [1.807, 2.05) is 37.3 Å². The van der Waals surface area contributed by atoms with Crippen LogP contribution >= 0.6 is 0 Å². The van der Waals surface area contributed by atoms with Crippen molar-refractivity contribution >= 4 is 27.3 Å². The molecule has 4 aromatic carbocycles. The molecule has 1 N–H and O–H groups in total. The quantitative estimate of drug-likeness (QED) is 0.235. The smallest absolute Gasteiger partial charge is 0.268 e. The number of aryl methyl sites for hydroxylation is 1. The van der Waals surface area contributed by atoms with Crippen LogP contribution in [0.25, 0.3) is 0 Å². The molecule has 4 aromatic rings. The lowest BCUT2D eigenvalue weighted by Gasteiger charge is -2.25. The number of anilines is 2. The third-order valence-corrected chi connectivity index (χ3v) is 7.79. The van der Waals surface area contributed by atoms with E-state index in [9.17, 15) is 13.2 Å². The van der Waals surface area contributed by atoms with Crippen molar-refractivity contribution < 1.29 is 27.4 Å². The van der Waals surface area contributed by atoms with Crippen molar-refractivity contribution in [2.24, 2.45) is 0 Å². The molecule has 0 aromatic heterocycles. The number of ether oxygens (including phenoxy) is 3. The summed E-state index contributed by atoms with van der Waals surface area (Å²) in [5.74, 6) is 0.915. The standard InChI is InChI=1S/C31H32N2O6S/c1-4-38-27-17-13-26(14-18-27)33(40(35,36)30-20-23(2)10-19-29(30)37-3)21-31(34)32-25-11-15-28(16-12-25)39-22-24-8-6-5-7-9-24/h5-20H,4,21-22H2,1-3H3,(H,32,34). The van der Waals surface area contributed by atoms with Gasteiger partial charge in [-0.3, -0.25) is 9.10 Å². The molecule has 40 heavy (non-hydrogen) atoms. The zero-order valence-electron chi connectivity index (χ0n) is 22.7. The average Bonchev–Trinajstić information content (AvgIpc) is 2.97. The lowest BCUT2D eigenvalue weighted by atomic mass is 10.2. The van der Waals surface area contributed by atoms with Crippen LogP contribution in [-0.4, -0.2) is 34.6 Å². The van der Waals surface area contributed by atoms with Crippen LogP contribution < -0.4 is 23.8 Å². The minimum absolute atomic E-state index is 0.0309. The van der Waals surface area contributed by atoms with E-state index < -0.39 is 22.5 Å². The van der Waals surface area contributed by atoms with E-state index in [1.54, 1.807) is 67.6 Å². The maximum Gasteiger partial charge on any atom is 0.268 e. The normalized spacial score (nSPS) is 11.0. The van der Waals surface area contributed by atoms with Crippen molar-refractivity contribution in [3.05, 3.63) is 108 Å². The van der Waals surface area contributed by atoms with Crippen LogP contribution in [0.3, 0.4) is 0 Å². The van der Waals surface area contributed by atoms with Gasteiger partial charge in [-0.15, -0.1) is 0 Å². The summed E-state index contributed by atoms with van der Waals surface area (Å²) in [6.45, 7) is 4.09. The Balaban J connectivity index is 1.54. The van der Waals surface area contributed by atoms with E-state index in [0.717, 1.165) is 15.4 Å². The summed E-state index contributed by atoms with van der Waals surface area (Å²) < 4.78 is 45.5. The molecule has 0 bridgehead atoms. The van der Waals surface area contributed by atoms with Gasteiger partial charge in [-0.1, -0.05) is 36.4 Å². The molecule has 0 saturated carbocycles. The number of carbonyl (C=O) groups is 1. The molecule has 0 heterocycles. The summed E-state index contributed by atoms with van der Waals surface area (Å²) >= 11 is 0. The molecule has 8 nitrogen and oxygen atoms in total. The molecular formula is C31H32N2O6S. The summed E-state index contributed by atoms with van der Waals surface area (Å²) in [6.07, 6.45) is 0. The number of nitrogens with zero attached hydrogens (tertiary/aromatic N) is 1. The van der Waals surface area contributed by atoms with Gasteiger partial charge in [-0.05, 0) is 85.6 Å². The second-order valence-corrected chi connectivity index (χ2v) is 10.8. The Kier molecular flexibility index (Phi) is 9.29. The maximum atomic E-state index is 13.9. The van der Waals surface area contributed by atoms with Crippen molar-refractivity contribution in [3.63, 3.8) is 0 Å². The third-order valence-electron chi connectivity index (χ3n) is 6.00. The van der Waals surface area contributed by atoms with Crippen molar-refractivity contribution in [3.8, 4) is 17.2 Å². The van der Waals surface area contributed by atoms with Gasteiger partial charge in [0.1, 0.15) is 35.3 Å². The third kappa shape index (κ3) is 7.12. The Hall–Kier alpha value is -4.50. The van der Waals surface area contributed by atoms with Crippen LogP contribution in [0.4, 0.5) is 11.4 Å². The molecule has 4 rings (SSSR count). The molecule has 1 amide bonds. The number of hydrogen-bond acceptors (Lipinski definition) is 6. The SMILES string of the molecule is CCOc1ccc(N(CC(=O)Nc2ccc(OCc3ccccc3)cc2)S(=O)(=O)c2cc(C)ccc2OC)cc1. The van der Waals surface area contributed by atoms with E-state index in [0.29, 0.717) is 36.1 Å². The van der Waals surface area contributed by atoms with Crippen LogP contribution in [0, 0.1) is 6.92 Å². The molecule has 0 aliphatic rings. The highest BCUT2D eigenvalue weighted by Crippen LogP contribution is 2.32. The van der Waals surface area contributed by atoms with Gasteiger partial charge in [0, 0.05) is 5.69 Å². The fourth-order valence-electron chi connectivity index (χ4n) is 4.00. The van der Waals surface area contributed by atoms with Crippen molar-refractivity contribution in [1.29, 1.82) is 0 Å². The molecule has 0 radical (unpaired) electrons. The highest BCUT2D eigenvalue weighted by molar-refractivity contribution is 7.93. The second kappa shape index (κ2) is 13.0. The molecule has 0 fully saturated rings. The number of carbonyl (C=O) groups excluding carboxylic acids is 1. The van der Waals surface area contributed by atoms with Gasteiger partial charge in [-0.2, -0.15) is 0 Å². The van der Waals surface area contributed by atoms with Crippen LogP contribution in [0.15, 0.2) is 102 Å². The molecule has 0 unspecified atom stereocenters. The summed E-state index contributed by atoms with van der Waals surface area (Å²) in [6, 6.07) is 28.1. The van der Waals surface area contributed by atoms with Crippen LogP contribution in [-0.2, 0) is 21.4 Å².